The van der Waals surface area contributed by atoms with Gasteiger partial charge in [0, 0.05) is 39.1 Å². The standard InChI is InChI=1S/C24H31N3O5S/c1-24(2,3)18-8-10-19(11-9-18)33(31,32)25-13-12-22(29)26-14-16-27(17-15-26)23(30)20-6-4-5-7-21(20)28/h4-11,25,28H,12-17H2,1-3H3. The fraction of sp³-hybridized carbons (Fsp3) is 0.417. The molecule has 0 atom stereocenters. The number of sulfonamides is 1. The first-order valence-electron chi connectivity index (χ1n) is 10.9. The van der Waals surface area contributed by atoms with Crippen LogP contribution in [0, 0.1) is 0 Å². The Morgan fingerprint density at radius 2 is 1.52 bits per heavy atom. The molecule has 1 aliphatic heterocycles. The summed E-state index contributed by atoms with van der Waals surface area (Å²) < 4.78 is 27.6. The molecule has 0 unspecified atom stereocenters. The van der Waals surface area contributed by atoms with Crippen molar-refractivity contribution >= 4 is 21.8 Å². The van der Waals surface area contributed by atoms with Crippen molar-refractivity contribution in [1.29, 1.82) is 0 Å². The number of nitrogens with one attached hydrogen (secondary N) is 1. The summed E-state index contributed by atoms with van der Waals surface area (Å²) in [6, 6.07) is 13.1. The van der Waals surface area contributed by atoms with Crippen LogP contribution in [0.1, 0.15) is 43.1 Å². The van der Waals surface area contributed by atoms with Gasteiger partial charge in [0.2, 0.25) is 15.9 Å². The first-order chi connectivity index (χ1) is 15.5. The van der Waals surface area contributed by atoms with E-state index >= 15 is 0 Å². The fourth-order valence-corrected chi connectivity index (χ4v) is 4.68. The summed E-state index contributed by atoms with van der Waals surface area (Å²) in [5.41, 5.74) is 1.21. The Balaban J connectivity index is 1.48. The number of nitrogens with zero attached hydrogens (tertiary/aromatic N) is 2. The summed E-state index contributed by atoms with van der Waals surface area (Å²) in [4.78, 5) is 28.5. The van der Waals surface area contributed by atoms with Gasteiger partial charge in [-0.1, -0.05) is 45.0 Å². The third-order valence-electron chi connectivity index (χ3n) is 5.72. The van der Waals surface area contributed by atoms with E-state index in [1.807, 2.05) is 0 Å². The third-order valence-corrected chi connectivity index (χ3v) is 7.19. The number of carbonyl (C=O) groups excluding carboxylic acids is 2. The number of para-hydroxylation sites is 1. The number of rotatable bonds is 6. The molecule has 33 heavy (non-hydrogen) atoms. The molecular formula is C24H31N3O5S. The normalized spacial score (nSPS) is 14.9. The van der Waals surface area contributed by atoms with Crippen LogP contribution in [0.5, 0.6) is 5.75 Å². The van der Waals surface area contributed by atoms with E-state index in [9.17, 15) is 23.1 Å². The topological polar surface area (TPSA) is 107 Å². The molecular weight excluding hydrogens is 442 g/mol. The molecule has 2 aromatic carbocycles. The van der Waals surface area contributed by atoms with E-state index in [1.165, 1.54) is 6.07 Å². The Hall–Kier alpha value is -2.91. The van der Waals surface area contributed by atoms with Gasteiger partial charge < -0.3 is 14.9 Å². The van der Waals surface area contributed by atoms with Crippen molar-refractivity contribution < 1.29 is 23.1 Å². The van der Waals surface area contributed by atoms with Gasteiger partial charge in [0.05, 0.1) is 10.5 Å². The van der Waals surface area contributed by atoms with Crippen LogP contribution in [0.2, 0.25) is 0 Å². The lowest BCUT2D eigenvalue weighted by atomic mass is 9.87. The molecule has 0 spiro atoms. The van der Waals surface area contributed by atoms with Gasteiger partial charge in [-0.25, -0.2) is 13.1 Å². The predicted molar refractivity (Wildman–Crippen MR) is 126 cm³/mol. The first-order valence-corrected chi connectivity index (χ1v) is 12.4. The van der Waals surface area contributed by atoms with Crippen LogP contribution in [-0.2, 0) is 20.2 Å². The van der Waals surface area contributed by atoms with Gasteiger partial charge in [0.25, 0.3) is 5.91 Å². The summed E-state index contributed by atoms with van der Waals surface area (Å²) in [5.74, 6) is -0.512. The highest BCUT2D eigenvalue weighted by Gasteiger charge is 2.26. The summed E-state index contributed by atoms with van der Waals surface area (Å²) in [6.45, 7) is 7.60. The Kier molecular flexibility index (Phi) is 7.44. The van der Waals surface area contributed by atoms with Gasteiger partial charge >= 0.3 is 0 Å². The van der Waals surface area contributed by atoms with Crippen LogP contribution in [0.15, 0.2) is 53.4 Å². The number of carbonyl (C=O) groups is 2. The number of phenols is 1. The lowest BCUT2D eigenvalue weighted by Gasteiger charge is -2.35. The van der Waals surface area contributed by atoms with E-state index in [2.05, 4.69) is 25.5 Å². The number of amides is 2. The minimum Gasteiger partial charge on any atom is -0.507 e. The number of piperazine rings is 1. The Labute approximate surface area is 195 Å². The maximum Gasteiger partial charge on any atom is 0.257 e. The number of phenolic OH excluding ortho intramolecular Hbond substituents is 1. The fourth-order valence-electron chi connectivity index (χ4n) is 3.65. The van der Waals surface area contributed by atoms with E-state index in [4.69, 9.17) is 0 Å². The molecule has 0 radical (unpaired) electrons. The van der Waals surface area contributed by atoms with E-state index in [-0.39, 0.29) is 46.4 Å². The first kappa shape index (κ1) is 24.7. The third kappa shape index (κ3) is 6.11. The van der Waals surface area contributed by atoms with Gasteiger partial charge in [-0.05, 0) is 35.2 Å². The zero-order valence-corrected chi connectivity index (χ0v) is 20.1. The average molecular weight is 474 g/mol. The van der Waals surface area contributed by atoms with E-state index in [0.717, 1.165) is 5.56 Å². The molecule has 3 rings (SSSR count). The molecule has 2 aromatic rings. The molecule has 8 nitrogen and oxygen atoms in total. The molecule has 0 saturated carbocycles. The highest BCUT2D eigenvalue weighted by Crippen LogP contribution is 2.23. The lowest BCUT2D eigenvalue weighted by Crippen LogP contribution is -2.51. The van der Waals surface area contributed by atoms with Gasteiger partial charge in [-0.3, -0.25) is 9.59 Å². The predicted octanol–water partition coefficient (Wildman–Crippen LogP) is 2.34. The smallest absolute Gasteiger partial charge is 0.257 e. The van der Waals surface area contributed by atoms with Crippen molar-refractivity contribution in [1.82, 2.24) is 14.5 Å². The van der Waals surface area contributed by atoms with E-state index in [0.29, 0.717) is 26.2 Å². The minimum absolute atomic E-state index is 0.000772. The molecule has 2 amide bonds. The van der Waals surface area contributed by atoms with Crippen LogP contribution in [0.4, 0.5) is 0 Å². The van der Waals surface area contributed by atoms with E-state index < -0.39 is 10.0 Å². The molecule has 1 saturated heterocycles. The molecule has 0 aromatic heterocycles. The molecule has 9 heteroatoms. The molecule has 0 bridgehead atoms. The van der Waals surface area contributed by atoms with Crippen molar-refractivity contribution in [3.05, 3.63) is 59.7 Å². The van der Waals surface area contributed by atoms with Crippen LogP contribution >= 0.6 is 0 Å². The van der Waals surface area contributed by atoms with Crippen molar-refractivity contribution in [3.63, 3.8) is 0 Å². The van der Waals surface area contributed by atoms with Crippen molar-refractivity contribution in [2.45, 2.75) is 37.5 Å². The zero-order valence-electron chi connectivity index (χ0n) is 19.2. The van der Waals surface area contributed by atoms with Crippen molar-refractivity contribution in [2.75, 3.05) is 32.7 Å². The highest BCUT2D eigenvalue weighted by molar-refractivity contribution is 7.89. The average Bonchev–Trinajstić information content (AvgIpc) is 2.78. The van der Waals surface area contributed by atoms with Gasteiger partial charge in [-0.2, -0.15) is 0 Å². The van der Waals surface area contributed by atoms with Gasteiger partial charge in [0.1, 0.15) is 5.75 Å². The Bertz CT molecular complexity index is 1100. The highest BCUT2D eigenvalue weighted by atomic mass is 32.2. The maximum atomic E-state index is 12.6. The second-order valence-electron chi connectivity index (χ2n) is 9.11. The maximum absolute atomic E-state index is 12.6. The summed E-state index contributed by atoms with van der Waals surface area (Å²) in [6.07, 6.45) is 0.0344. The largest absolute Gasteiger partial charge is 0.507 e. The molecule has 0 aliphatic carbocycles. The minimum atomic E-state index is -3.70. The second kappa shape index (κ2) is 9.93. The zero-order chi connectivity index (χ0) is 24.2. The molecule has 178 valence electrons. The van der Waals surface area contributed by atoms with Crippen LogP contribution < -0.4 is 4.72 Å². The lowest BCUT2D eigenvalue weighted by molar-refractivity contribution is -0.132. The number of hydrogen-bond donors (Lipinski definition) is 2. The van der Waals surface area contributed by atoms with Crippen LogP contribution in [0.3, 0.4) is 0 Å². The van der Waals surface area contributed by atoms with E-state index in [1.54, 1.807) is 52.3 Å². The quantitative estimate of drug-likeness (QED) is 0.670. The number of benzene rings is 2. The van der Waals surface area contributed by atoms with Crippen LogP contribution in [0.25, 0.3) is 0 Å². The summed E-state index contributed by atoms with van der Waals surface area (Å²) in [7, 11) is -3.70. The Morgan fingerprint density at radius 1 is 0.939 bits per heavy atom. The molecule has 1 fully saturated rings. The number of aromatic hydroxyl groups is 1. The van der Waals surface area contributed by atoms with Crippen LogP contribution in [-0.4, -0.2) is 67.9 Å². The monoisotopic (exact) mass is 473 g/mol. The Morgan fingerprint density at radius 3 is 2.09 bits per heavy atom. The summed E-state index contributed by atoms with van der Waals surface area (Å²) in [5, 5.41) is 9.88. The van der Waals surface area contributed by atoms with Crippen molar-refractivity contribution in [2.24, 2.45) is 0 Å². The summed E-state index contributed by atoms with van der Waals surface area (Å²) >= 11 is 0. The number of hydrogen-bond acceptors (Lipinski definition) is 5. The molecule has 1 aliphatic rings. The SMILES string of the molecule is CC(C)(C)c1ccc(S(=O)(=O)NCCC(=O)N2CCN(C(=O)c3ccccc3O)CC2)cc1. The van der Waals surface area contributed by atoms with Gasteiger partial charge in [-0.15, -0.1) is 0 Å². The van der Waals surface area contributed by atoms with Gasteiger partial charge in [0.15, 0.2) is 0 Å². The second-order valence-corrected chi connectivity index (χ2v) is 10.9. The molecule has 1 heterocycles. The molecule has 2 N–H and O–H groups in total. The van der Waals surface area contributed by atoms with Crippen molar-refractivity contribution in [3.8, 4) is 5.75 Å².